The van der Waals surface area contributed by atoms with E-state index in [-0.39, 0.29) is 6.10 Å². The summed E-state index contributed by atoms with van der Waals surface area (Å²) in [5.41, 5.74) is 3.58. The molecule has 0 radical (unpaired) electrons. The SMILES string of the molecule is Cc1cccc(C)c1O[C@H](C)c1ccccc1. The second-order valence-electron chi connectivity index (χ2n) is 4.39. The summed E-state index contributed by atoms with van der Waals surface area (Å²) in [4.78, 5) is 0. The van der Waals surface area contributed by atoms with E-state index < -0.39 is 0 Å². The number of para-hydroxylation sites is 1. The summed E-state index contributed by atoms with van der Waals surface area (Å²) < 4.78 is 6.06. The van der Waals surface area contributed by atoms with E-state index in [4.69, 9.17) is 4.74 Å². The van der Waals surface area contributed by atoms with E-state index in [0.717, 1.165) is 5.75 Å². The van der Waals surface area contributed by atoms with Gasteiger partial charge >= 0.3 is 0 Å². The van der Waals surface area contributed by atoms with E-state index in [0.29, 0.717) is 0 Å². The van der Waals surface area contributed by atoms with E-state index in [2.05, 4.69) is 51.1 Å². The number of aryl methyl sites for hydroxylation is 2. The van der Waals surface area contributed by atoms with Gasteiger partial charge in [-0.3, -0.25) is 0 Å². The highest BCUT2D eigenvalue weighted by Crippen LogP contribution is 2.27. The maximum atomic E-state index is 6.06. The zero-order chi connectivity index (χ0) is 12.3. The zero-order valence-corrected chi connectivity index (χ0v) is 10.6. The van der Waals surface area contributed by atoms with Gasteiger partial charge in [-0.25, -0.2) is 0 Å². The molecule has 2 rings (SSSR count). The Balaban J connectivity index is 2.22. The molecule has 1 atom stereocenters. The topological polar surface area (TPSA) is 9.23 Å². The molecule has 1 nitrogen and oxygen atoms in total. The first kappa shape index (κ1) is 11.7. The molecule has 0 aliphatic carbocycles. The maximum Gasteiger partial charge on any atom is 0.126 e. The molecule has 0 fully saturated rings. The summed E-state index contributed by atoms with van der Waals surface area (Å²) in [5.74, 6) is 1.00. The molecule has 0 unspecified atom stereocenters. The molecular weight excluding hydrogens is 208 g/mol. The average Bonchev–Trinajstić information content (AvgIpc) is 2.35. The molecule has 0 bridgehead atoms. The summed E-state index contributed by atoms with van der Waals surface area (Å²) in [7, 11) is 0. The van der Waals surface area contributed by atoms with Crippen molar-refractivity contribution in [3.63, 3.8) is 0 Å². The van der Waals surface area contributed by atoms with Crippen LogP contribution >= 0.6 is 0 Å². The van der Waals surface area contributed by atoms with Crippen LogP contribution in [0.5, 0.6) is 5.75 Å². The highest BCUT2D eigenvalue weighted by Gasteiger charge is 2.10. The van der Waals surface area contributed by atoms with Crippen molar-refractivity contribution in [2.24, 2.45) is 0 Å². The van der Waals surface area contributed by atoms with E-state index in [1.54, 1.807) is 0 Å². The van der Waals surface area contributed by atoms with E-state index in [9.17, 15) is 0 Å². The van der Waals surface area contributed by atoms with Crippen molar-refractivity contribution in [1.29, 1.82) is 0 Å². The standard InChI is InChI=1S/C16H18O/c1-12-8-7-9-13(2)16(12)17-14(3)15-10-5-4-6-11-15/h4-11,14H,1-3H3/t14-/m1/s1. The minimum absolute atomic E-state index is 0.0796. The molecule has 2 aromatic carbocycles. The van der Waals surface area contributed by atoms with Crippen molar-refractivity contribution >= 4 is 0 Å². The Morgan fingerprint density at radius 3 is 2.00 bits per heavy atom. The van der Waals surface area contributed by atoms with Crippen LogP contribution < -0.4 is 4.74 Å². The Morgan fingerprint density at radius 1 is 0.824 bits per heavy atom. The van der Waals surface area contributed by atoms with Crippen LogP contribution in [0.15, 0.2) is 48.5 Å². The molecule has 2 aromatic rings. The largest absolute Gasteiger partial charge is 0.485 e. The van der Waals surface area contributed by atoms with Crippen LogP contribution in [0.2, 0.25) is 0 Å². The van der Waals surface area contributed by atoms with Crippen LogP contribution in [0.1, 0.15) is 29.7 Å². The normalized spacial score (nSPS) is 12.2. The monoisotopic (exact) mass is 226 g/mol. The third-order valence-electron chi connectivity index (χ3n) is 2.97. The third kappa shape index (κ3) is 2.68. The molecule has 0 aromatic heterocycles. The maximum absolute atomic E-state index is 6.06. The van der Waals surface area contributed by atoms with Gasteiger partial charge in [-0.1, -0.05) is 48.5 Å². The molecular formula is C16H18O. The number of ether oxygens (including phenoxy) is 1. The van der Waals surface area contributed by atoms with Crippen molar-refractivity contribution < 1.29 is 4.74 Å². The van der Waals surface area contributed by atoms with Gasteiger partial charge in [-0.2, -0.15) is 0 Å². The Morgan fingerprint density at radius 2 is 1.41 bits per heavy atom. The van der Waals surface area contributed by atoms with E-state index >= 15 is 0 Å². The zero-order valence-electron chi connectivity index (χ0n) is 10.6. The van der Waals surface area contributed by atoms with Crippen LogP contribution in [0.25, 0.3) is 0 Å². The van der Waals surface area contributed by atoms with Gasteiger partial charge in [0.1, 0.15) is 11.9 Å². The van der Waals surface area contributed by atoms with Gasteiger partial charge in [0.05, 0.1) is 0 Å². The van der Waals surface area contributed by atoms with Crippen LogP contribution in [0.3, 0.4) is 0 Å². The molecule has 0 aliphatic heterocycles. The molecule has 88 valence electrons. The van der Waals surface area contributed by atoms with Crippen LogP contribution in [0, 0.1) is 13.8 Å². The number of hydrogen-bond acceptors (Lipinski definition) is 1. The molecule has 0 spiro atoms. The smallest absolute Gasteiger partial charge is 0.126 e. The van der Waals surface area contributed by atoms with E-state index in [1.807, 2.05) is 18.2 Å². The highest BCUT2D eigenvalue weighted by molar-refractivity contribution is 5.40. The highest BCUT2D eigenvalue weighted by atomic mass is 16.5. The minimum atomic E-state index is 0.0796. The predicted octanol–water partition coefficient (Wildman–Crippen LogP) is 4.44. The summed E-state index contributed by atoms with van der Waals surface area (Å²) in [6.07, 6.45) is 0.0796. The predicted molar refractivity (Wildman–Crippen MR) is 71.4 cm³/mol. The molecule has 0 N–H and O–H groups in total. The molecule has 0 heterocycles. The first-order valence-corrected chi connectivity index (χ1v) is 5.96. The summed E-state index contributed by atoms with van der Waals surface area (Å²) >= 11 is 0. The second-order valence-corrected chi connectivity index (χ2v) is 4.39. The summed E-state index contributed by atoms with van der Waals surface area (Å²) in [6, 6.07) is 16.5. The van der Waals surface area contributed by atoms with Gasteiger partial charge < -0.3 is 4.74 Å². The van der Waals surface area contributed by atoms with Crippen molar-refractivity contribution in [2.45, 2.75) is 26.9 Å². The molecule has 0 saturated heterocycles. The second kappa shape index (κ2) is 5.05. The Labute approximate surface area is 103 Å². The lowest BCUT2D eigenvalue weighted by Gasteiger charge is -2.18. The van der Waals surface area contributed by atoms with Gasteiger partial charge in [0.2, 0.25) is 0 Å². The molecule has 0 saturated carbocycles. The molecule has 1 heteroatoms. The molecule has 0 aliphatic rings. The van der Waals surface area contributed by atoms with Crippen molar-refractivity contribution in [2.75, 3.05) is 0 Å². The fourth-order valence-corrected chi connectivity index (χ4v) is 1.95. The van der Waals surface area contributed by atoms with Crippen LogP contribution in [-0.2, 0) is 0 Å². The van der Waals surface area contributed by atoms with Crippen molar-refractivity contribution in [3.8, 4) is 5.75 Å². The Kier molecular flexibility index (Phi) is 3.48. The molecule has 17 heavy (non-hydrogen) atoms. The van der Waals surface area contributed by atoms with Crippen molar-refractivity contribution in [3.05, 3.63) is 65.2 Å². The lowest BCUT2D eigenvalue weighted by molar-refractivity contribution is 0.224. The Hall–Kier alpha value is -1.76. The van der Waals surface area contributed by atoms with Crippen molar-refractivity contribution in [1.82, 2.24) is 0 Å². The van der Waals surface area contributed by atoms with Gasteiger partial charge in [-0.05, 0) is 37.5 Å². The average molecular weight is 226 g/mol. The summed E-state index contributed by atoms with van der Waals surface area (Å²) in [5, 5.41) is 0. The van der Waals surface area contributed by atoms with Gasteiger partial charge in [0.25, 0.3) is 0 Å². The summed E-state index contributed by atoms with van der Waals surface area (Å²) in [6.45, 7) is 6.25. The lowest BCUT2D eigenvalue weighted by atomic mass is 10.1. The third-order valence-corrected chi connectivity index (χ3v) is 2.97. The number of rotatable bonds is 3. The first-order chi connectivity index (χ1) is 8.18. The number of benzene rings is 2. The van der Waals surface area contributed by atoms with Gasteiger partial charge in [0, 0.05) is 0 Å². The fraction of sp³-hybridized carbons (Fsp3) is 0.250. The molecule has 0 amide bonds. The lowest BCUT2D eigenvalue weighted by Crippen LogP contribution is -2.05. The van der Waals surface area contributed by atoms with Gasteiger partial charge in [0.15, 0.2) is 0 Å². The quantitative estimate of drug-likeness (QED) is 0.751. The first-order valence-electron chi connectivity index (χ1n) is 5.96. The minimum Gasteiger partial charge on any atom is -0.485 e. The Bertz CT molecular complexity index is 468. The van der Waals surface area contributed by atoms with E-state index in [1.165, 1.54) is 16.7 Å². The van der Waals surface area contributed by atoms with Crippen LogP contribution in [0.4, 0.5) is 0 Å². The van der Waals surface area contributed by atoms with Crippen LogP contribution in [-0.4, -0.2) is 0 Å². The number of hydrogen-bond donors (Lipinski definition) is 0. The van der Waals surface area contributed by atoms with Gasteiger partial charge in [-0.15, -0.1) is 0 Å². The fourth-order valence-electron chi connectivity index (χ4n) is 1.95.